The van der Waals surface area contributed by atoms with E-state index in [0.717, 1.165) is 11.8 Å². The van der Waals surface area contributed by atoms with Crippen molar-refractivity contribution >= 4 is 35.1 Å². The molecule has 1 aliphatic heterocycles. The molecule has 11 nitrogen and oxygen atoms in total. The smallest absolute Gasteiger partial charge is 0.267 e. The molecule has 0 unspecified atom stereocenters. The summed E-state index contributed by atoms with van der Waals surface area (Å²) in [7, 11) is 5.70. The van der Waals surface area contributed by atoms with Crippen LogP contribution in [0, 0.1) is 0 Å². The third-order valence-corrected chi connectivity index (χ3v) is 6.43. The molecule has 1 fully saturated rings. The van der Waals surface area contributed by atoms with E-state index in [4.69, 9.17) is 23.4 Å². The van der Waals surface area contributed by atoms with Gasteiger partial charge in [0.05, 0.1) is 52.4 Å². The van der Waals surface area contributed by atoms with Crippen LogP contribution in [-0.4, -0.2) is 60.8 Å². The Morgan fingerprint density at radius 3 is 1.97 bits per heavy atom. The fraction of sp³-hybridized carbons (Fsp3) is 0.192. The number of amides is 1. The molecule has 0 atom stereocenters. The van der Waals surface area contributed by atoms with Gasteiger partial charge in [-0.1, -0.05) is 0 Å². The van der Waals surface area contributed by atoms with Crippen LogP contribution >= 0.6 is 11.8 Å². The predicted octanol–water partition coefficient (Wildman–Crippen LogP) is 4.23. The van der Waals surface area contributed by atoms with Gasteiger partial charge in [-0.3, -0.25) is 9.69 Å². The van der Waals surface area contributed by atoms with Crippen molar-refractivity contribution in [2.75, 3.05) is 28.4 Å². The van der Waals surface area contributed by atoms with Crippen molar-refractivity contribution in [1.82, 2.24) is 4.90 Å². The minimum atomic E-state index is -0.306. The molecule has 0 spiro atoms. The van der Waals surface area contributed by atoms with Gasteiger partial charge in [0.15, 0.2) is 28.2 Å². The molecule has 198 valence electrons. The molecule has 4 rings (SSSR count). The Morgan fingerprint density at radius 1 is 0.921 bits per heavy atom. The summed E-state index contributed by atoms with van der Waals surface area (Å²) >= 11 is 1.13. The second-order valence-electron chi connectivity index (χ2n) is 7.76. The SMILES string of the molecule is COc1cc(/C=N\N=C2\S/C(=C\c3cc(OC)c(O)c(OC)c3)C(=O)N2Cc2ccco2)cc(OC)c1O. The van der Waals surface area contributed by atoms with Gasteiger partial charge in [-0.2, -0.15) is 5.10 Å². The highest BCUT2D eigenvalue weighted by Gasteiger charge is 2.34. The van der Waals surface area contributed by atoms with Crippen LogP contribution in [0.4, 0.5) is 0 Å². The van der Waals surface area contributed by atoms with Gasteiger partial charge >= 0.3 is 0 Å². The van der Waals surface area contributed by atoms with E-state index < -0.39 is 0 Å². The van der Waals surface area contributed by atoms with E-state index in [9.17, 15) is 15.0 Å². The number of benzene rings is 2. The number of furan rings is 1. The standard InChI is InChI=1S/C26H25N3O8S/c1-33-18-8-15(9-19(34-2)23(18)30)12-22-25(32)29(14-17-6-5-7-37-17)26(38-22)28-27-13-16-10-20(35-3)24(31)21(11-16)36-4/h5-13,30-31H,14H2,1-4H3/b22-12-,27-13-,28-26+. The number of amidine groups is 1. The van der Waals surface area contributed by atoms with Crippen molar-refractivity contribution in [2.24, 2.45) is 10.2 Å². The summed E-state index contributed by atoms with van der Waals surface area (Å²) in [5.74, 6) is 0.840. The molecule has 0 radical (unpaired) electrons. The third kappa shape index (κ3) is 5.54. The Morgan fingerprint density at radius 2 is 1.47 bits per heavy atom. The van der Waals surface area contributed by atoms with Crippen LogP contribution in [0.5, 0.6) is 34.5 Å². The molecule has 3 aromatic rings. The number of rotatable bonds is 9. The number of methoxy groups -OCH3 is 4. The maximum Gasteiger partial charge on any atom is 0.267 e. The molecule has 2 aromatic carbocycles. The topological polar surface area (TPSA) is 136 Å². The highest BCUT2D eigenvalue weighted by Crippen LogP contribution is 2.40. The molecular weight excluding hydrogens is 514 g/mol. The molecule has 1 amide bonds. The molecule has 2 N–H and O–H groups in total. The zero-order valence-electron chi connectivity index (χ0n) is 21.0. The zero-order chi connectivity index (χ0) is 27.2. The van der Waals surface area contributed by atoms with Gasteiger partial charge in [-0.15, -0.1) is 5.10 Å². The summed E-state index contributed by atoms with van der Waals surface area (Å²) in [4.78, 5) is 15.2. The van der Waals surface area contributed by atoms with E-state index in [1.807, 2.05) is 0 Å². The largest absolute Gasteiger partial charge is 0.502 e. The molecule has 1 aromatic heterocycles. The summed E-state index contributed by atoms with van der Waals surface area (Å²) in [5.41, 5.74) is 1.14. The number of thioether (sulfide) groups is 1. The van der Waals surface area contributed by atoms with Gasteiger partial charge in [0.1, 0.15) is 5.76 Å². The Labute approximate surface area is 222 Å². The Bertz CT molecular complexity index is 1370. The van der Waals surface area contributed by atoms with Crippen molar-refractivity contribution in [3.8, 4) is 34.5 Å². The van der Waals surface area contributed by atoms with E-state index in [1.165, 1.54) is 45.8 Å². The minimum absolute atomic E-state index is 0.127. The normalized spacial score (nSPS) is 15.6. The van der Waals surface area contributed by atoms with Gasteiger partial charge in [0, 0.05) is 5.56 Å². The Hall–Kier alpha value is -4.58. The first-order valence-corrected chi connectivity index (χ1v) is 11.9. The molecule has 0 saturated carbocycles. The minimum Gasteiger partial charge on any atom is -0.502 e. The fourth-order valence-electron chi connectivity index (χ4n) is 3.56. The second-order valence-corrected chi connectivity index (χ2v) is 8.77. The molecule has 0 aliphatic carbocycles. The number of hydrogen-bond donors (Lipinski definition) is 2. The monoisotopic (exact) mass is 539 g/mol. The van der Waals surface area contributed by atoms with Gasteiger partial charge in [-0.05, 0) is 59.8 Å². The van der Waals surface area contributed by atoms with E-state index in [-0.39, 0.29) is 46.9 Å². The lowest BCUT2D eigenvalue weighted by atomic mass is 10.1. The zero-order valence-corrected chi connectivity index (χ0v) is 21.8. The fourth-order valence-corrected chi connectivity index (χ4v) is 4.50. The van der Waals surface area contributed by atoms with Crippen LogP contribution in [0.1, 0.15) is 16.9 Å². The number of aromatic hydroxyl groups is 2. The Kier molecular flexibility index (Phi) is 8.12. The highest BCUT2D eigenvalue weighted by atomic mass is 32.2. The van der Waals surface area contributed by atoms with Gasteiger partial charge < -0.3 is 33.6 Å². The van der Waals surface area contributed by atoms with Crippen LogP contribution in [0.15, 0.2) is 62.2 Å². The molecule has 0 bridgehead atoms. The molecular formula is C26H25N3O8S. The molecule has 2 heterocycles. The first kappa shape index (κ1) is 26.5. The summed E-state index contributed by atoms with van der Waals surface area (Å²) in [6.07, 6.45) is 4.62. The molecule has 38 heavy (non-hydrogen) atoms. The average molecular weight is 540 g/mol. The van der Waals surface area contributed by atoms with Crippen LogP contribution in [0.25, 0.3) is 6.08 Å². The van der Waals surface area contributed by atoms with E-state index in [1.54, 1.807) is 42.5 Å². The lowest BCUT2D eigenvalue weighted by molar-refractivity contribution is -0.122. The van der Waals surface area contributed by atoms with E-state index >= 15 is 0 Å². The number of phenolic OH excluding ortho intramolecular Hbond substituents is 2. The quantitative estimate of drug-likeness (QED) is 0.233. The summed E-state index contributed by atoms with van der Waals surface area (Å²) in [6, 6.07) is 9.82. The maximum absolute atomic E-state index is 13.3. The molecule has 1 aliphatic rings. The lowest BCUT2D eigenvalue weighted by Gasteiger charge is -2.12. The number of phenols is 2. The summed E-state index contributed by atoms with van der Waals surface area (Å²) in [5, 5.41) is 29.1. The average Bonchev–Trinajstić information content (AvgIpc) is 3.54. The van der Waals surface area contributed by atoms with E-state index in [2.05, 4.69) is 10.2 Å². The maximum atomic E-state index is 13.3. The number of ether oxygens (including phenoxy) is 4. The second kappa shape index (κ2) is 11.6. The van der Waals surface area contributed by atoms with E-state index in [0.29, 0.717) is 27.0 Å². The Balaban J connectivity index is 1.68. The number of carbonyl (C=O) groups is 1. The van der Waals surface area contributed by atoms with Gasteiger partial charge in [-0.25, -0.2) is 0 Å². The van der Waals surface area contributed by atoms with Crippen molar-refractivity contribution in [3.05, 3.63) is 64.5 Å². The van der Waals surface area contributed by atoms with Crippen LogP contribution in [0.3, 0.4) is 0 Å². The summed E-state index contributed by atoms with van der Waals surface area (Å²) in [6.45, 7) is 0.146. The summed E-state index contributed by atoms with van der Waals surface area (Å²) < 4.78 is 26.2. The highest BCUT2D eigenvalue weighted by molar-refractivity contribution is 8.18. The van der Waals surface area contributed by atoms with Gasteiger partial charge in [0.25, 0.3) is 5.91 Å². The molecule has 1 saturated heterocycles. The first-order chi connectivity index (χ1) is 18.4. The first-order valence-electron chi connectivity index (χ1n) is 11.1. The van der Waals surface area contributed by atoms with Crippen LogP contribution < -0.4 is 18.9 Å². The van der Waals surface area contributed by atoms with Crippen molar-refractivity contribution < 1.29 is 38.4 Å². The number of hydrogen-bond acceptors (Lipinski definition) is 11. The van der Waals surface area contributed by atoms with Crippen LogP contribution in [0.2, 0.25) is 0 Å². The number of nitrogens with zero attached hydrogens (tertiary/aromatic N) is 3. The van der Waals surface area contributed by atoms with Crippen molar-refractivity contribution in [2.45, 2.75) is 6.54 Å². The lowest BCUT2D eigenvalue weighted by Crippen LogP contribution is -2.28. The predicted molar refractivity (Wildman–Crippen MR) is 142 cm³/mol. The molecule has 12 heteroatoms. The van der Waals surface area contributed by atoms with Crippen molar-refractivity contribution in [3.63, 3.8) is 0 Å². The van der Waals surface area contributed by atoms with Crippen molar-refractivity contribution in [1.29, 1.82) is 0 Å². The third-order valence-electron chi connectivity index (χ3n) is 5.43. The van der Waals surface area contributed by atoms with Crippen LogP contribution in [-0.2, 0) is 11.3 Å². The number of carbonyl (C=O) groups excluding carboxylic acids is 1. The van der Waals surface area contributed by atoms with Gasteiger partial charge in [0.2, 0.25) is 11.5 Å².